The van der Waals surface area contributed by atoms with Crippen molar-refractivity contribution >= 4 is 16.9 Å². The first-order valence-electron chi connectivity index (χ1n) is 4.32. The molecule has 2 aromatic rings. The molecule has 0 saturated carbocycles. The SMILES string of the molecule is CC(=O)NCc1cc2ccncc2o1. The molecule has 0 aliphatic carbocycles. The van der Waals surface area contributed by atoms with E-state index in [1.54, 1.807) is 12.4 Å². The van der Waals surface area contributed by atoms with Gasteiger partial charge in [-0.25, -0.2) is 0 Å². The van der Waals surface area contributed by atoms with Crippen LogP contribution in [0.1, 0.15) is 12.7 Å². The minimum atomic E-state index is -0.0661. The van der Waals surface area contributed by atoms with Crippen LogP contribution in [0.4, 0.5) is 0 Å². The first kappa shape index (κ1) is 8.74. The molecule has 0 atom stereocenters. The summed E-state index contributed by atoms with van der Waals surface area (Å²) in [4.78, 5) is 14.6. The maximum Gasteiger partial charge on any atom is 0.217 e. The van der Waals surface area contributed by atoms with Crippen LogP contribution in [0, 0.1) is 0 Å². The Morgan fingerprint density at radius 1 is 1.64 bits per heavy atom. The molecule has 4 nitrogen and oxygen atoms in total. The van der Waals surface area contributed by atoms with E-state index >= 15 is 0 Å². The van der Waals surface area contributed by atoms with Crippen LogP contribution in [0.2, 0.25) is 0 Å². The summed E-state index contributed by atoms with van der Waals surface area (Å²) in [6, 6.07) is 3.77. The number of rotatable bonds is 2. The highest BCUT2D eigenvalue weighted by Gasteiger charge is 2.02. The fourth-order valence-corrected chi connectivity index (χ4v) is 1.24. The van der Waals surface area contributed by atoms with E-state index in [2.05, 4.69) is 10.3 Å². The Labute approximate surface area is 80.9 Å². The highest BCUT2D eigenvalue weighted by Crippen LogP contribution is 2.17. The Morgan fingerprint density at radius 2 is 2.50 bits per heavy atom. The molecule has 0 radical (unpaired) electrons. The summed E-state index contributed by atoms with van der Waals surface area (Å²) in [5.74, 6) is 0.673. The zero-order chi connectivity index (χ0) is 9.97. The number of amides is 1. The van der Waals surface area contributed by atoms with Gasteiger partial charge in [-0.2, -0.15) is 0 Å². The van der Waals surface area contributed by atoms with Crippen molar-refractivity contribution in [2.75, 3.05) is 0 Å². The summed E-state index contributed by atoms with van der Waals surface area (Å²) in [5.41, 5.74) is 0.743. The molecule has 0 aromatic carbocycles. The number of furan rings is 1. The van der Waals surface area contributed by atoms with Crippen molar-refractivity contribution in [3.8, 4) is 0 Å². The minimum Gasteiger partial charge on any atom is -0.458 e. The number of nitrogens with zero attached hydrogens (tertiary/aromatic N) is 1. The van der Waals surface area contributed by atoms with Crippen LogP contribution in [-0.2, 0) is 11.3 Å². The van der Waals surface area contributed by atoms with Gasteiger partial charge in [-0.15, -0.1) is 0 Å². The van der Waals surface area contributed by atoms with Crippen LogP contribution in [0.5, 0.6) is 0 Å². The molecular formula is C10H10N2O2. The van der Waals surface area contributed by atoms with Gasteiger partial charge in [-0.3, -0.25) is 9.78 Å². The van der Waals surface area contributed by atoms with Gasteiger partial charge in [0.1, 0.15) is 5.76 Å². The number of pyridine rings is 1. The van der Waals surface area contributed by atoms with Crippen LogP contribution < -0.4 is 5.32 Å². The van der Waals surface area contributed by atoms with Gasteiger partial charge in [-0.05, 0) is 12.1 Å². The molecule has 0 saturated heterocycles. The molecule has 4 heteroatoms. The number of nitrogens with one attached hydrogen (secondary N) is 1. The minimum absolute atomic E-state index is 0.0661. The monoisotopic (exact) mass is 190 g/mol. The summed E-state index contributed by atoms with van der Waals surface area (Å²) in [5, 5.41) is 3.67. The topological polar surface area (TPSA) is 55.1 Å². The van der Waals surface area contributed by atoms with Gasteiger partial charge in [0.2, 0.25) is 5.91 Å². The van der Waals surface area contributed by atoms with Crippen molar-refractivity contribution in [1.82, 2.24) is 10.3 Å². The smallest absolute Gasteiger partial charge is 0.217 e. The van der Waals surface area contributed by atoms with E-state index in [1.807, 2.05) is 12.1 Å². The molecule has 0 aliphatic rings. The summed E-state index contributed by atoms with van der Waals surface area (Å²) in [7, 11) is 0. The van der Waals surface area contributed by atoms with E-state index in [0.29, 0.717) is 6.54 Å². The normalized spacial score (nSPS) is 10.4. The third-order valence-corrected chi connectivity index (χ3v) is 1.89. The van der Waals surface area contributed by atoms with E-state index in [4.69, 9.17) is 4.42 Å². The second-order valence-corrected chi connectivity index (χ2v) is 3.04. The fourth-order valence-electron chi connectivity index (χ4n) is 1.24. The quantitative estimate of drug-likeness (QED) is 0.780. The van der Waals surface area contributed by atoms with Crippen molar-refractivity contribution < 1.29 is 9.21 Å². The maximum atomic E-state index is 10.7. The average Bonchev–Trinajstić information content (AvgIpc) is 2.57. The Bertz CT molecular complexity index is 429. The van der Waals surface area contributed by atoms with Gasteiger partial charge < -0.3 is 9.73 Å². The zero-order valence-corrected chi connectivity index (χ0v) is 7.78. The van der Waals surface area contributed by atoms with Crippen molar-refractivity contribution in [1.29, 1.82) is 0 Å². The lowest BCUT2D eigenvalue weighted by molar-refractivity contribution is -0.119. The van der Waals surface area contributed by atoms with Gasteiger partial charge in [0.25, 0.3) is 0 Å². The molecule has 0 spiro atoms. The van der Waals surface area contributed by atoms with Gasteiger partial charge in [0.15, 0.2) is 5.58 Å². The van der Waals surface area contributed by atoms with Crippen LogP contribution in [0.3, 0.4) is 0 Å². The van der Waals surface area contributed by atoms with Crippen molar-refractivity contribution in [3.63, 3.8) is 0 Å². The summed E-state index contributed by atoms with van der Waals surface area (Å²) >= 11 is 0. The third-order valence-electron chi connectivity index (χ3n) is 1.89. The standard InChI is InChI=1S/C10H10N2O2/c1-7(13)12-5-9-4-8-2-3-11-6-10(8)14-9/h2-4,6H,5H2,1H3,(H,12,13). The lowest BCUT2D eigenvalue weighted by Gasteiger charge is -1.95. The molecular weight excluding hydrogens is 180 g/mol. The fraction of sp³-hybridized carbons (Fsp3) is 0.200. The summed E-state index contributed by atoms with van der Waals surface area (Å²) < 4.78 is 5.44. The summed E-state index contributed by atoms with van der Waals surface area (Å²) in [6.07, 6.45) is 3.37. The zero-order valence-electron chi connectivity index (χ0n) is 7.78. The Balaban J connectivity index is 2.22. The van der Waals surface area contributed by atoms with Crippen molar-refractivity contribution in [2.24, 2.45) is 0 Å². The molecule has 14 heavy (non-hydrogen) atoms. The average molecular weight is 190 g/mol. The number of carbonyl (C=O) groups is 1. The van der Waals surface area contributed by atoms with E-state index < -0.39 is 0 Å². The first-order chi connectivity index (χ1) is 6.75. The number of hydrogen-bond donors (Lipinski definition) is 1. The van der Waals surface area contributed by atoms with Crippen LogP contribution in [0.25, 0.3) is 11.0 Å². The van der Waals surface area contributed by atoms with E-state index in [0.717, 1.165) is 16.7 Å². The number of carbonyl (C=O) groups excluding carboxylic acids is 1. The van der Waals surface area contributed by atoms with Crippen molar-refractivity contribution in [3.05, 3.63) is 30.3 Å². The third kappa shape index (κ3) is 1.74. The van der Waals surface area contributed by atoms with E-state index in [9.17, 15) is 4.79 Å². The van der Waals surface area contributed by atoms with Crippen LogP contribution in [-0.4, -0.2) is 10.9 Å². The number of fused-ring (bicyclic) bond motifs is 1. The van der Waals surface area contributed by atoms with E-state index in [-0.39, 0.29) is 5.91 Å². The van der Waals surface area contributed by atoms with Gasteiger partial charge in [-0.1, -0.05) is 0 Å². The highest BCUT2D eigenvalue weighted by atomic mass is 16.3. The predicted octanol–water partition coefficient (Wildman–Crippen LogP) is 1.46. The van der Waals surface area contributed by atoms with Crippen molar-refractivity contribution in [2.45, 2.75) is 13.5 Å². The molecule has 2 aromatic heterocycles. The first-order valence-corrected chi connectivity index (χ1v) is 4.32. The number of aromatic nitrogens is 1. The Morgan fingerprint density at radius 3 is 3.21 bits per heavy atom. The van der Waals surface area contributed by atoms with Crippen LogP contribution in [0.15, 0.2) is 28.9 Å². The molecule has 2 heterocycles. The van der Waals surface area contributed by atoms with Crippen LogP contribution >= 0.6 is 0 Å². The second-order valence-electron chi connectivity index (χ2n) is 3.04. The number of hydrogen-bond acceptors (Lipinski definition) is 3. The van der Waals surface area contributed by atoms with Gasteiger partial charge in [0, 0.05) is 18.5 Å². The second kappa shape index (κ2) is 3.49. The van der Waals surface area contributed by atoms with Gasteiger partial charge in [0.05, 0.1) is 12.7 Å². The molecule has 72 valence electrons. The molecule has 1 amide bonds. The molecule has 0 unspecified atom stereocenters. The largest absolute Gasteiger partial charge is 0.458 e. The van der Waals surface area contributed by atoms with Gasteiger partial charge >= 0.3 is 0 Å². The predicted molar refractivity (Wildman–Crippen MR) is 51.5 cm³/mol. The lowest BCUT2D eigenvalue weighted by Crippen LogP contribution is -2.18. The summed E-state index contributed by atoms with van der Waals surface area (Å²) in [6.45, 7) is 1.90. The Kier molecular flexibility index (Phi) is 2.18. The highest BCUT2D eigenvalue weighted by molar-refractivity contribution is 5.77. The molecule has 2 rings (SSSR count). The molecule has 0 fully saturated rings. The molecule has 1 N–H and O–H groups in total. The molecule has 0 aliphatic heterocycles. The Hall–Kier alpha value is -1.84. The maximum absolute atomic E-state index is 10.7. The van der Waals surface area contributed by atoms with E-state index in [1.165, 1.54) is 6.92 Å². The molecule has 0 bridgehead atoms. The lowest BCUT2D eigenvalue weighted by atomic mass is 10.3.